The maximum Gasteiger partial charge on any atom is 0.306 e. The van der Waals surface area contributed by atoms with Crippen molar-refractivity contribution in [3.8, 4) is 0 Å². The number of hydrogen-bond donors (Lipinski definition) is 1. The first kappa shape index (κ1) is 9.48. The molecule has 70 valence electrons. The highest BCUT2D eigenvalue weighted by Crippen LogP contribution is 2.29. The molecule has 1 heterocycles. The first-order valence-corrected chi connectivity index (χ1v) is 3.98. The van der Waals surface area contributed by atoms with E-state index in [9.17, 15) is 4.79 Å². The number of carboxylic acids is 1. The number of aliphatic carboxylic acids is 1. The van der Waals surface area contributed by atoms with Gasteiger partial charge in [-0.3, -0.25) is 4.79 Å². The Morgan fingerprint density at radius 3 is 2.42 bits per heavy atom. The molecule has 0 aromatic rings. The van der Waals surface area contributed by atoms with Gasteiger partial charge in [0.25, 0.3) is 0 Å². The van der Waals surface area contributed by atoms with Crippen molar-refractivity contribution in [2.75, 3.05) is 0 Å². The van der Waals surface area contributed by atoms with Crippen LogP contribution in [0.3, 0.4) is 0 Å². The Hall–Kier alpha value is -0.610. The van der Waals surface area contributed by atoms with Crippen molar-refractivity contribution in [2.24, 2.45) is 0 Å². The smallest absolute Gasteiger partial charge is 0.306 e. The third kappa shape index (κ3) is 2.19. The molecule has 0 saturated carbocycles. The Bertz CT molecular complexity index is 187. The van der Waals surface area contributed by atoms with E-state index in [0.717, 1.165) is 0 Å². The molecule has 1 N–H and O–H groups in total. The lowest BCUT2D eigenvalue weighted by molar-refractivity contribution is -0.152. The van der Waals surface area contributed by atoms with Gasteiger partial charge in [0.05, 0.1) is 18.6 Å². The Morgan fingerprint density at radius 2 is 2.08 bits per heavy atom. The maximum absolute atomic E-state index is 10.4. The van der Waals surface area contributed by atoms with Crippen LogP contribution in [-0.2, 0) is 14.3 Å². The Kier molecular flexibility index (Phi) is 2.39. The van der Waals surface area contributed by atoms with Crippen LogP contribution in [-0.4, -0.2) is 29.1 Å². The normalized spacial score (nSPS) is 33.6. The van der Waals surface area contributed by atoms with Gasteiger partial charge in [-0.2, -0.15) is 0 Å². The van der Waals surface area contributed by atoms with Crippen molar-refractivity contribution in [2.45, 2.75) is 45.2 Å². The molecule has 0 aliphatic carbocycles. The van der Waals surface area contributed by atoms with E-state index in [1.807, 2.05) is 6.92 Å². The number of hydrogen-bond acceptors (Lipinski definition) is 3. The summed E-state index contributed by atoms with van der Waals surface area (Å²) in [4.78, 5) is 10.4. The predicted octanol–water partition coefficient (Wildman–Crippen LogP) is 1.00. The highest BCUT2D eigenvalue weighted by Gasteiger charge is 2.39. The molecular formula is C8H14O4. The predicted molar refractivity (Wildman–Crippen MR) is 41.8 cm³/mol. The molecule has 0 amide bonds. The van der Waals surface area contributed by atoms with Crippen molar-refractivity contribution in [3.05, 3.63) is 0 Å². The molecular weight excluding hydrogens is 160 g/mol. The monoisotopic (exact) mass is 174 g/mol. The first-order valence-electron chi connectivity index (χ1n) is 3.98. The molecule has 2 atom stereocenters. The fourth-order valence-electron chi connectivity index (χ4n) is 1.39. The largest absolute Gasteiger partial charge is 0.481 e. The quantitative estimate of drug-likeness (QED) is 0.678. The van der Waals surface area contributed by atoms with E-state index < -0.39 is 11.8 Å². The van der Waals surface area contributed by atoms with Crippen molar-refractivity contribution in [1.29, 1.82) is 0 Å². The molecule has 0 unspecified atom stereocenters. The second-order valence-electron chi connectivity index (χ2n) is 3.48. The number of carbonyl (C=O) groups is 1. The Balaban J connectivity index is 2.52. The average molecular weight is 174 g/mol. The summed E-state index contributed by atoms with van der Waals surface area (Å²) in [6, 6.07) is 0. The van der Waals surface area contributed by atoms with Crippen LogP contribution < -0.4 is 0 Å². The van der Waals surface area contributed by atoms with Gasteiger partial charge in [0.1, 0.15) is 0 Å². The summed E-state index contributed by atoms with van der Waals surface area (Å²) in [6.45, 7) is 5.39. The lowest BCUT2D eigenvalue weighted by atomic mass is 10.2. The van der Waals surface area contributed by atoms with Crippen LogP contribution in [0.25, 0.3) is 0 Å². The number of rotatable bonds is 2. The summed E-state index contributed by atoms with van der Waals surface area (Å²) < 4.78 is 10.7. The molecule has 1 rings (SSSR count). The molecule has 4 nitrogen and oxygen atoms in total. The van der Waals surface area contributed by atoms with Gasteiger partial charge in [-0.25, -0.2) is 0 Å². The number of ether oxygens (including phenoxy) is 2. The summed E-state index contributed by atoms with van der Waals surface area (Å²) in [5.74, 6) is -1.49. The van der Waals surface area contributed by atoms with E-state index in [4.69, 9.17) is 14.6 Å². The van der Waals surface area contributed by atoms with Crippen molar-refractivity contribution in [1.82, 2.24) is 0 Å². The van der Waals surface area contributed by atoms with Crippen LogP contribution in [0.5, 0.6) is 0 Å². The zero-order valence-corrected chi connectivity index (χ0v) is 7.53. The summed E-state index contributed by atoms with van der Waals surface area (Å²) in [5.41, 5.74) is 0. The third-order valence-corrected chi connectivity index (χ3v) is 1.80. The molecule has 1 aliphatic heterocycles. The van der Waals surface area contributed by atoms with Crippen molar-refractivity contribution < 1.29 is 19.4 Å². The fraction of sp³-hybridized carbons (Fsp3) is 0.875. The molecule has 1 saturated heterocycles. The van der Waals surface area contributed by atoms with Crippen LogP contribution in [0.2, 0.25) is 0 Å². The third-order valence-electron chi connectivity index (χ3n) is 1.80. The maximum atomic E-state index is 10.4. The zero-order chi connectivity index (χ0) is 9.35. The lowest BCUT2D eigenvalue weighted by Crippen LogP contribution is -2.23. The van der Waals surface area contributed by atoms with Gasteiger partial charge in [-0.1, -0.05) is 0 Å². The summed E-state index contributed by atoms with van der Waals surface area (Å²) in [5, 5.41) is 8.53. The Labute approximate surface area is 71.5 Å². The minimum absolute atomic E-state index is 0.00456. The van der Waals surface area contributed by atoms with Gasteiger partial charge in [-0.15, -0.1) is 0 Å². The molecule has 0 radical (unpaired) electrons. The summed E-state index contributed by atoms with van der Waals surface area (Å²) >= 11 is 0. The lowest BCUT2D eigenvalue weighted by Gasteiger charge is -2.16. The van der Waals surface area contributed by atoms with Crippen molar-refractivity contribution >= 4 is 5.97 Å². The van der Waals surface area contributed by atoms with Gasteiger partial charge < -0.3 is 14.6 Å². The number of carboxylic acid groups (broad SMARTS) is 1. The minimum atomic E-state index is -0.854. The fourth-order valence-corrected chi connectivity index (χ4v) is 1.39. The SMILES string of the molecule is C[C@H]1OC(C)(C)O[C@@H]1CC(=O)O. The first-order chi connectivity index (χ1) is 5.41. The second kappa shape index (κ2) is 3.03. The van der Waals surface area contributed by atoms with Crippen LogP contribution in [0.15, 0.2) is 0 Å². The zero-order valence-electron chi connectivity index (χ0n) is 7.53. The van der Waals surface area contributed by atoms with Gasteiger partial charge >= 0.3 is 5.97 Å². The van der Waals surface area contributed by atoms with E-state index in [0.29, 0.717) is 0 Å². The van der Waals surface area contributed by atoms with Gasteiger partial charge in [0, 0.05) is 0 Å². The molecule has 0 aromatic heterocycles. The highest BCUT2D eigenvalue weighted by atomic mass is 16.7. The second-order valence-corrected chi connectivity index (χ2v) is 3.48. The van der Waals surface area contributed by atoms with E-state index >= 15 is 0 Å². The van der Waals surface area contributed by atoms with E-state index in [2.05, 4.69) is 0 Å². The molecule has 0 bridgehead atoms. The van der Waals surface area contributed by atoms with Gasteiger partial charge in [-0.05, 0) is 20.8 Å². The van der Waals surface area contributed by atoms with Crippen LogP contribution in [0, 0.1) is 0 Å². The summed E-state index contributed by atoms with van der Waals surface area (Å²) in [7, 11) is 0. The van der Waals surface area contributed by atoms with Crippen LogP contribution in [0.1, 0.15) is 27.2 Å². The van der Waals surface area contributed by atoms with E-state index in [-0.39, 0.29) is 18.6 Å². The van der Waals surface area contributed by atoms with Crippen LogP contribution in [0.4, 0.5) is 0 Å². The minimum Gasteiger partial charge on any atom is -0.481 e. The highest BCUT2D eigenvalue weighted by molar-refractivity contribution is 5.67. The van der Waals surface area contributed by atoms with E-state index in [1.165, 1.54) is 0 Å². The summed E-state index contributed by atoms with van der Waals surface area (Å²) in [6.07, 6.45) is -0.460. The van der Waals surface area contributed by atoms with Crippen molar-refractivity contribution in [3.63, 3.8) is 0 Å². The topological polar surface area (TPSA) is 55.8 Å². The molecule has 0 spiro atoms. The molecule has 0 aromatic carbocycles. The van der Waals surface area contributed by atoms with Gasteiger partial charge in [0.15, 0.2) is 5.79 Å². The molecule has 1 fully saturated rings. The average Bonchev–Trinajstić information content (AvgIpc) is 2.03. The van der Waals surface area contributed by atoms with Crippen LogP contribution >= 0.6 is 0 Å². The molecule has 1 aliphatic rings. The standard InChI is InChI=1S/C8H14O4/c1-5-6(4-7(9)10)12-8(2,3)11-5/h5-6H,4H2,1-3H3,(H,9,10)/t5-,6-/m1/s1. The van der Waals surface area contributed by atoms with E-state index in [1.54, 1.807) is 13.8 Å². The molecule has 12 heavy (non-hydrogen) atoms. The molecule has 4 heteroatoms. The van der Waals surface area contributed by atoms with Gasteiger partial charge in [0.2, 0.25) is 0 Å². The Morgan fingerprint density at radius 1 is 1.50 bits per heavy atom.